The molecule has 0 fully saturated rings. The van der Waals surface area contributed by atoms with Crippen LogP contribution in [0.1, 0.15) is 43.4 Å². The third-order valence-corrected chi connectivity index (χ3v) is 4.97. The van der Waals surface area contributed by atoms with Crippen molar-refractivity contribution in [2.24, 2.45) is 7.05 Å². The molecular weight excluding hydrogens is 338 g/mol. The molecule has 0 aliphatic rings. The van der Waals surface area contributed by atoms with Gasteiger partial charge in [-0.2, -0.15) is 10.1 Å². The zero-order valence-electron chi connectivity index (χ0n) is 17.2. The Kier molecular flexibility index (Phi) is 5.35. The van der Waals surface area contributed by atoms with Crippen molar-refractivity contribution < 1.29 is 0 Å². The summed E-state index contributed by atoms with van der Waals surface area (Å²) >= 11 is 0. The number of anilines is 1. The molecule has 6 nitrogen and oxygen atoms in total. The van der Waals surface area contributed by atoms with Gasteiger partial charge in [-0.15, -0.1) is 0 Å². The third-order valence-electron chi connectivity index (χ3n) is 4.97. The number of aryl methyl sites for hydroxylation is 3. The second-order valence-corrected chi connectivity index (χ2v) is 7.33. The van der Waals surface area contributed by atoms with E-state index in [1.807, 2.05) is 0 Å². The van der Waals surface area contributed by atoms with Crippen LogP contribution in [0.5, 0.6) is 0 Å². The lowest BCUT2D eigenvalue weighted by molar-refractivity contribution is 0.685. The number of aromatic nitrogens is 4. The van der Waals surface area contributed by atoms with Crippen molar-refractivity contribution in [2.45, 2.75) is 47.5 Å². The number of hydrogen-bond acceptors (Lipinski definition) is 4. The van der Waals surface area contributed by atoms with Crippen LogP contribution in [0.2, 0.25) is 0 Å². The van der Waals surface area contributed by atoms with Crippen molar-refractivity contribution >= 4 is 17.0 Å². The Morgan fingerprint density at radius 3 is 2.22 bits per heavy atom. The van der Waals surface area contributed by atoms with Gasteiger partial charge in [-0.3, -0.25) is 14.5 Å². The highest BCUT2D eigenvalue weighted by Crippen LogP contribution is 2.30. The molecule has 0 saturated heterocycles. The largest absolute Gasteiger partial charge is 0.342 e. The summed E-state index contributed by atoms with van der Waals surface area (Å²) < 4.78 is 1.66. The van der Waals surface area contributed by atoms with Gasteiger partial charge in [-0.05, 0) is 44.7 Å². The average Bonchev–Trinajstić information content (AvgIpc) is 3.01. The molecule has 0 amide bonds. The zero-order valence-corrected chi connectivity index (χ0v) is 17.2. The van der Waals surface area contributed by atoms with Crippen molar-refractivity contribution in [3.8, 4) is 11.3 Å². The summed E-state index contributed by atoms with van der Waals surface area (Å²) in [6.45, 7) is 12.2. The van der Waals surface area contributed by atoms with Gasteiger partial charge in [0.2, 0.25) is 5.95 Å². The van der Waals surface area contributed by atoms with E-state index in [4.69, 9.17) is 4.98 Å². The van der Waals surface area contributed by atoms with Crippen LogP contribution in [0.25, 0.3) is 22.3 Å². The SMILES string of the molecule is CCCN(CCC)c1nc2n[nH]c(-c3c(C)cc(C)cc3C)c2c(=O)n1C. The van der Waals surface area contributed by atoms with Crippen LogP contribution in [0.4, 0.5) is 5.95 Å². The zero-order chi connectivity index (χ0) is 19.7. The predicted octanol–water partition coefficient (Wildman–Crippen LogP) is 3.88. The number of aromatic amines is 1. The summed E-state index contributed by atoms with van der Waals surface area (Å²) in [5.41, 5.74) is 5.69. The minimum atomic E-state index is -0.0599. The molecule has 0 radical (unpaired) electrons. The summed E-state index contributed by atoms with van der Waals surface area (Å²) in [5, 5.41) is 8.03. The Labute approximate surface area is 160 Å². The number of nitrogens with one attached hydrogen (secondary N) is 1. The van der Waals surface area contributed by atoms with E-state index in [0.717, 1.165) is 48.3 Å². The fourth-order valence-electron chi connectivity index (χ4n) is 3.93. The number of nitrogens with zero attached hydrogens (tertiary/aromatic N) is 4. The van der Waals surface area contributed by atoms with Crippen molar-refractivity contribution in [3.63, 3.8) is 0 Å². The van der Waals surface area contributed by atoms with Gasteiger partial charge in [0, 0.05) is 25.7 Å². The summed E-state index contributed by atoms with van der Waals surface area (Å²) in [6.07, 6.45) is 2.00. The van der Waals surface area contributed by atoms with Gasteiger partial charge in [0.25, 0.3) is 5.56 Å². The summed E-state index contributed by atoms with van der Waals surface area (Å²) in [5.74, 6) is 0.687. The normalized spacial score (nSPS) is 11.3. The molecule has 1 N–H and O–H groups in total. The first kappa shape index (κ1) is 19.1. The maximum absolute atomic E-state index is 13.2. The highest BCUT2D eigenvalue weighted by Gasteiger charge is 2.21. The lowest BCUT2D eigenvalue weighted by Gasteiger charge is -2.24. The Bertz CT molecular complexity index is 1000. The average molecular weight is 367 g/mol. The molecule has 2 aromatic heterocycles. The predicted molar refractivity (Wildman–Crippen MR) is 112 cm³/mol. The Balaban J connectivity index is 2.24. The molecule has 144 valence electrons. The van der Waals surface area contributed by atoms with E-state index in [2.05, 4.69) is 61.8 Å². The maximum atomic E-state index is 13.2. The second kappa shape index (κ2) is 7.55. The maximum Gasteiger partial charge on any atom is 0.266 e. The molecule has 0 atom stereocenters. The fraction of sp³-hybridized carbons (Fsp3) is 0.476. The van der Waals surface area contributed by atoms with Crippen molar-refractivity contribution in [3.05, 3.63) is 39.2 Å². The fourth-order valence-corrected chi connectivity index (χ4v) is 3.93. The Morgan fingerprint density at radius 2 is 1.67 bits per heavy atom. The van der Waals surface area contributed by atoms with Crippen LogP contribution in [0.3, 0.4) is 0 Å². The smallest absolute Gasteiger partial charge is 0.266 e. The van der Waals surface area contributed by atoms with Crippen molar-refractivity contribution in [1.29, 1.82) is 0 Å². The summed E-state index contributed by atoms with van der Waals surface area (Å²) in [7, 11) is 1.80. The quantitative estimate of drug-likeness (QED) is 0.718. The van der Waals surface area contributed by atoms with E-state index in [-0.39, 0.29) is 5.56 Å². The van der Waals surface area contributed by atoms with Crippen molar-refractivity contribution in [2.75, 3.05) is 18.0 Å². The number of rotatable bonds is 6. The summed E-state index contributed by atoms with van der Waals surface area (Å²) in [4.78, 5) is 20.2. The topological polar surface area (TPSA) is 66.8 Å². The van der Waals surface area contributed by atoms with E-state index in [1.54, 1.807) is 11.6 Å². The minimum Gasteiger partial charge on any atom is -0.342 e. The van der Waals surface area contributed by atoms with Gasteiger partial charge in [0.15, 0.2) is 5.65 Å². The molecule has 0 unspecified atom stereocenters. The first-order valence-corrected chi connectivity index (χ1v) is 9.67. The van der Waals surface area contributed by atoms with Gasteiger partial charge in [-0.25, -0.2) is 0 Å². The summed E-state index contributed by atoms with van der Waals surface area (Å²) in [6, 6.07) is 4.26. The molecule has 3 aromatic rings. The first-order chi connectivity index (χ1) is 12.9. The van der Waals surface area contributed by atoms with Gasteiger partial charge in [0.05, 0.1) is 5.69 Å². The molecule has 27 heavy (non-hydrogen) atoms. The minimum absolute atomic E-state index is 0.0599. The van der Waals surface area contributed by atoms with E-state index >= 15 is 0 Å². The van der Waals surface area contributed by atoms with Gasteiger partial charge in [0.1, 0.15) is 5.39 Å². The molecular formula is C21H29N5O. The number of benzene rings is 1. The van der Waals surface area contributed by atoms with Crippen LogP contribution >= 0.6 is 0 Å². The highest BCUT2D eigenvalue weighted by atomic mass is 16.1. The van der Waals surface area contributed by atoms with Crippen LogP contribution < -0.4 is 10.5 Å². The van der Waals surface area contributed by atoms with Crippen LogP contribution in [-0.4, -0.2) is 32.8 Å². The number of fused-ring (bicyclic) bond motifs is 1. The molecule has 0 bridgehead atoms. The van der Waals surface area contributed by atoms with E-state index in [1.165, 1.54) is 5.56 Å². The monoisotopic (exact) mass is 367 g/mol. The molecule has 6 heteroatoms. The third kappa shape index (κ3) is 3.36. The lowest BCUT2D eigenvalue weighted by atomic mass is 9.96. The number of hydrogen-bond donors (Lipinski definition) is 1. The second-order valence-electron chi connectivity index (χ2n) is 7.33. The Morgan fingerprint density at radius 1 is 1.07 bits per heavy atom. The Hall–Kier alpha value is -2.63. The molecule has 0 aliphatic carbocycles. The molecule has 0 aliphatic heterocycles. The molecule has 0 saturated carbocycles. The molecule has 0 spiro atoms. The van der Waals surface area contributed by atoms with E-state index in [9.17, 15) is 4.79 Å². The number of H-pyrrole nitrogens is 1. The van der Waals surface area contributed by atoms with Gasteiger partial charge >= 0.3 is 0 Å². The van der Waals surface area contributed by atoms with Crippen LogP contribution in [0.15, 0.2) is 16.9 Å². The van der Waals surface area contributed by atoms with Crippen molar-refractivity contribution in [1.82, 2.24) is 19.7 Å². The molecule has 3 rings (SSSR count). The van der Waals surface area contributed by atoms with Crippen LogP contribution in [0, 0.1) is 20.8 Å². The van der Waals surface area contributed by atoms with Gasteiger partial charge in [-0.1, -0.05) is 31.5 Å². The van der Waals surface area contributed by atoms with E-state index < -0.39 is 0 Å². The highest BCUT2D eigenvalue weighted by molar-refractivity contribution is 5.92. The van der Waals surface area contributed by atoms with Crippen LogP contribution in [-0.2, 0) is 7.05 Å². The molecule has 1 aromatic carbocycles. The van der Waals surface area contributed by atoms with E-state index in [0.29, 0.717) is 17.0 Å². The molecule has 2 heterocycles. The lowest BCUT2D eigenvalue weighted by Crippen LogP contribution is -2.33. The standard InChI is InChI=1S/C21H29N5O/c1-7-9-26(10-8-2)21-22-19-17(20(27)25(21)6)18(23-24-19)16-14(4)11-13(3)12-15(16)5/h11-12H,7-10H2,1-6H3,(H,23,24). The van der Waals surface area contributed by atoms with Gasteiger partial charge < -0.3 is 4.90 Å². The first-order valence-electron chi connectivity index (χ1n) is 9.67.